The molecule has 1 aliphatic carbocycles. The molecule has 0 aliphatic heterocycles. The molecule has 26 heavy (non-hydrogen) atoms. The first-order chi connectivity index (χ1) is 12.5. The van der Waals surface area contributed by atoms with Crippen LogP contribution in [0.3, 0.4) is 0 Å². The SMILES string of the molecule is CC(c1ccco1)N(C(=O)C=Cc1ccc(OCC(N)=O)cc1)C1CC1. The van der Waals surface area contributed by atoms with E-state index in [-0.39, 0.29) is 24.6 Å². The minimum Gasteiger partial charge on any atom is -0.484 e. The fourth-order valence-corrected chi connectivity index (χ4v) is 2.79. The molecule has 1 heterocycles. The quantitative estimate of drug-likeness (QED) is 0.739. The van der Waals surface area contributed by atoms with E-state index in [1.807, 2.05) is 36.1 Å². The lowest BCUT2D eigenvalue weighted by atomic mass is 10.1. The molecule has 1 saturated carbocycles. The standard InChI is InChI=1S/C20H22N2O4/c1-14(18-3-2-12-25-18)22(16-7-8-16)20(24)11-6-15-4-9-17(10-5-15)26-13-19(21)23/h2-6,9-12,14,16H,7-8,13H2,1H3,(H2,21,23). The summed E-state index contributed by atoms with van der Waals surface area (Å²) < 4.78 is 10.7. The largest absolute Gasteiger partial charge is 0.484 e. The van der Waals surface area contributed by atoms with Crippen LogP contribution in [-0.4, -0.2) is 29.4 Å². The van der Waals surface area contributed by atoms with Gasteiger partial charge in [-0.3, -0.25) is 9.59 Å². The maximum atomic E-state index is 12.7. The topological polar surface area (TPSA) is 85.8 Å². The van der Waals surface area contributed by atoms with Crippen molar-refractivity contribution in [2.24, 2.45) is 5.73 Å². The van der Waals surface area contributed by atoms with E-state index in [1.165, 1.54) is 0 Å². The Labute approximate surface area is 152 Å². The Morgan fingerprint density at radius 2 is 2.04 bits per heavy atom. The maximum absolute atomic E-state index is 12.7. The molecule has 6 heteroatoms. The first-order valence-corrected chi connectivity index (χ1v) is 8.59. The first kappa shape index (κ1) is 17.8. The van der Waals surface area contributed by atoms with Crippen molar-refractivity contribution in [3.8, 4) is 5.75 Å². The lowest BCUT2D eigenvalue weighted by Crippen LogP contribution is -2.34. The highest BCUT2D eigenvalue weighted by molar-refractivity contribution is 5.92. The summed E-state index contributed by atoms with van der Waals surface area (Å²) in [4.78, 5) is 25.3. The van der Waals surface area contributed by atoms with Crippen molar-refractivity contribution >= 4 is 17.9 Å². The van der Waals surface area contributed by atoms with E-state index in [0.29, 0.717) is 5.75 Å². The molecule has 1 aromatic heterocycles. The molecular weight excluding hydrogens is 332 g/mol. The van der Waals surface area contributed by atoms with Crippen LogP contribution in [0.15, 0.2) is 53.2 Å². The highest BCUT2D eigenvalue weighted by atomic mass is 16.5. The van der Waals surface area contributed by atoms with Gasteiger partial charge in [-0.25, -0.2) is 0 Å². The van der Waals surface area contributed by atoms with Crippen LogP contribution in [0.5, 0.6) is 5.75 Å². The van der Waals surface area contributed by atoms with Crippen LogP contribution in [0.1, 0.15) is 37.1 Å². The van der Waals surface area contributed by atoms with Gasteiger partial charge in [0, 0.05) is 12.1 Å². The van der Waals surface area contributed by atoms with Gasteiger partial charge in [-0.15, -0.1) is 0 Å². The second kappa shape index (κ2) is 7.91. The summed E-state index contributed by atoms with van der Waals surface area (Å²) in [6.45, 7) is 1.82. The molecule has 6 nitrogen and oxygen atoms in total. The minimum absolute atomic E-state index is 0.0366. The zero-order chi connectivity index (χ0) is 18.5. The predicted octanol–water partition coefficient (Wildman–Crippen LogP) is 2.91. The van der Waals surface area contributed by atoms with Crippen LogP contribution in [0.25, 0.3) is 6.08 Å². The molecule has 3 rings (SSSR count). The number of nitrogens with two attached hydrogens (primary N) is 1. The van der Waals surface area contributed by atoms with Crippen molar-refractivity contribution in [3.63, 3.8) is 0 Å². The Bertz CT molecular complexity index is 777. The van der Waals surface area contributed by atoms with E-state index < -0.39 is 5.91 Å². The van der Waals surface area contributed by atoms with E-state index >= 15 is 0 Å². The molecule has 1 unspecified atom stereocenters. The van der Waals surface area contributed by atoms with Crippen LogP contribution in [-0.2, 0) is 9.59 Å². The summed E-state index contributed by atoms with van der Waals surface area (Å²) in [5, 5.41) is 0. The fraction of sp³-hybridized carbons (Fsp3) is 0.300. The summed E-state index contributed by atoms with van der Waals surface area (Å²) in [5.74, 6) is 0.781. The third-order valence-electron chi connectivity index (χ3n) is 4.25. The van der Waals surface area contributed by atoms with Gasteiger partial charge in [-0.2, -0.15) is 0 Å². The molecule has 2 amide bonds. The number of primary amides is 1. The zero-order valence-corrected chi connectivity index (χ0v) is 14.6. The van der Waals surface area contributed by atoms with E-state index in [4.69, 9.17) is 14.9 Å². The van der Waals surface area contributed by atoms with Gasteiger partial charge in [0.1, 0.15) is 11.5 Å². The van der Waals surface area contributed by atoms with Crippen molar-refractivity contribution in [2.45, 2.75) is 31.8 Å². The number of benzene rings is 1. The van der Waals surface area contributed by atoms with Gasteiger partial charge in [-0.05, 0) is 55.7 Å². The lowest BCUT2D eigenvalue weighted by Gasteiger charge is -2.26. The van der Waals surface area contributed by atoms with Gasteiger partial charge in [0.2, 0.25) is 5.91 Å². The molecular formula is C20H22N2O4. The monoisotopic (exact) mass is 354 g/mol. The highest BCUT2D eigenvalue weighted by Crippen LogP contribution is 2.34. The van der Waals surface area contributed by atoms with Gasteiger partial charge in [-0.1, -0.05) is 12.1 Å². The number of rotatable bonds is 8. The molecule has 0 radical (unpaired) electrons. The second-order valence-electron chi connectivity index (χ2n) is 6.33. The van der Waals surface area contributed by atoms with Crippen LogP contribution in [0.4, 0.5) is 0 Å². The normalized spacial score (nSPS) is 15.0. The Morgan fingerprint density at radius 3 is 2.62 bits per heavy atom. The number of carbonyl (C=O) groups excluding carboxylic acids is 2. The number of furan rings is 1. The molecule has 0 saturated heterocycles. The molecule has 0 bridgehead atoms. The summed E-state index contributed by atoms with van der Waals surface area (Å²) in [6, 6.07) is 11.0. The minimum atomic E-state index is -0.523. The number of amides is 2. The van der Waals surface area contributed by atoms with Crippen molar-refractivity contribution in [1.29, 1.82) is 0 Å². The van der Waals surface area contributed by atoms with Gasteiger partial charge >= 0.3 is 0 Å². The van der Waals surface area contributed by atoms with Gasteiger partial charge in [0.25, 0.3) is 5.91 Å². The molecule has 2 N–H and O–H groups in total. The zero-order valence-electron chi connectivity index (χ0n) is 14.6. The molecule has 1 aromatic carbocycles. The van der Waals surface area contributed by atoms with E-state index in [0.717, 1.165) is 24.2 Å². The van der Waals surface area contributed by atoms with Crippen LogP contribution >= 0.6 is 0 Å². The van der Waals surface area contributed by atoms with Crippen LogP contribution < -0.4 is 10.5 Å². The molecule has 1 fully saturated rings. The third kappa shape index (κ3) is 4.53. The molecule has 0 spiro atoms. The predicted molar refractivity (Wildman–Crippen MR) is 97.2 cm³/mol. The second-order valence-corrected chi connectivity index (χ2v) is 6.33. The number of nitrogens with zero attached hydrogens (tertiary/aromatic N) is 1. The van der Waals surface area contributed by atoms with E-state index in [9.17, 15) is 9.59 Å². The lowest BCUT2D eigenvalue weighted by molar-refractivity contribution is -0.129. The Kier molecular flexibility index (Phi) is 5.41. The fourth-order valence-electron chi connectivity index (χ4n) is 2.79. The average Bonchev–Trinajstić information content (AvgIpc) is 3.30. The van der Waals surface area contributed by atoms with Crippen molar-refractivity contribution < 1.29 is 18.7 Å². The van der Waals surface area contributed by atoms with Crippen molar-refractivity contribution in [3.05, 3.63) is 60.1 Å². The van der Waals surface area contributed by atoms with Crippen LogP contribution in [0, 0.1) is 0 Å². The summed E-state index contributed by atoms with van der Waals surface area (Å²) in [5.41, 5.74) is 5.91. The molecule has 136 valence electrons. The smallest absolute Gasteiger partial charge is 0.255 e. The number of ether oxygens (including phenoxy) is 1. The van der Waals surface area contributed by atoms with Gasteiger partial charge < -0.3 is 19.8 Å². The number of carbonyl (C=O) groups is 2. The highest BCUT2D eigenvalue weighted by Gasteiger charge is 2.36. The van der Waals surface area contributed by atoms with Crippen molar-refractivity contribution in [2.75, 3.05) is 6.61 Å². The van der Waals surface area contributed by atoms with E-state index in [1.54, 1.807) is 30.5 Å². The summed E-state index contributed by atoms with van der Waals surface area (Å²) >= 11 is 0. The summed E-state index contributed by atoms with van der Waals surface area (Å²) in [7, 11) is 0. The maximum Gasteiger partial charge on any atom is 0.255 e. The third-order valence-corrected chi connectivity index (χ3v) is 4.25. The molecule has 1 atom stereocenters. The Balaban J connectivity index is 1.64. The van der Waals surface area contributed by atoms with Gasteiger partial charge in [0.05, 0.1) is 12.3 Å². The Hall–Kier alpha value is -3.02. The first-order valence-electron chi connectivity index (χ1n) is 8.59. The van der Waals surface area contributed by atoms with Crippen LogP contribution in [0.2, 0.25) is 0 Å². The van der Waals surface area contributed by atoms with Crippen molar-refractivity contribution in [1.82, 2.24) is 4.90 Å². The Morgan fingerprint density at radius 1 is 1.31 bits per heavy atom. The average molecular weight is 354 g/mol. The number of hydrogen-bond acceptors (Lipinski definition) is 4. The van der Waals surface area contributed by atoms with E-state index in [2.05, 4.69) is 0 Å². The number of hydrogen-bond donors (Lipinski definition) is 1. The molecule has 1 aliphatic rings. The van der Waals surface area contributed by atoms with Gasteiger partial charge in [0.15, 0.2) is 6.61 Å². The summed E-state index contributed by atoms with van der Waals surface area (Å²) in [6.07, 6.45) is 7.02. The molecule has 2 aromatic rings.